The molecular formula is C25H25Cl2N5S. The Morgan fingerprint density at radius 2 is 1.67 bits per heavy atom. The van der Waals surface area contributed by atoms with Crippen molar-refractivity contribution < 1.29 is 0 Å². The van der Waals surface area contributed by atoms with Gasteiger partial charge in [0.1, 0.15) is 0 Å². The summed E-state index contributed by atoms with van der Waals surface area (Å²) in [4.78, 5) is 5.70. The smallest absolute Gasteiger partial charge is 0.225 e. The molecule has 0 radical (unpaired) electrons. The van der Waals surface area contributed by atoms with Crippen molar-refractivity contribution in [2.45, 2.75) is 17.2 Å². The Labute approximate surface area is 208 Å². The molecule has 1 heterocycles. The minimum Gasteiger partial charge on any atom is -0.329 e. The van der Waals surface area contributed by atoms with Gasteiger partial charge in [-0.05, 0) is 65.9 Å². The molecule has 0 bridgehead atoms. The van der Waals surface area contributed by atoms with E-state index in [9.17, 15) is 0 Å². The van der Waals surface area contributed by atoms with Crippen molar-refractivity contribution >= 4 is 46.8 Å². The molecule has 8 heteroatoms. The zero-order valence-electron chi connectivity index (χ0n) is 18.0. The number of benzene rings is 3. The van der Waals surface area contributed by atoms with Gasteiger partial charge in [0.2, 0.25) is 5.96 Å². The van der Waals surface area contributed by atoms with E-state index in [1.807, 2.05) is 59.6 Å². The van der Waals surface area contributed by atoms with E-state index in [4.69, 9.17) is 34.0 Å². The van der Waals surface area contributed by atoms with E-state index < -0.39 is 0 Å². The van der Waals surface area contributed by atoms with Crippen LogP contribution in [0.15, 0.2) is 93.9 Å². The number of halogens is 2. The van der Waals surface area contributed by atoms with Gasteiger partial charge in [-0.3, -0.25) is 4.72 Å². The first-order valence-corrected chi connectivity index (χ1v) is 12.3. The first-order valence-electron chi connectivity index (χ1n) is 10.7. The minimum absolute atomic E-state index is 0.184. The average molecular weight is 498 g/mol. The highest BCUT2D eigenvalue weighted by atomic mass is 35.5. The maximum Gasteiger partial charge on any atom is 0.225 e. The molecule has 5 nitrogen and oxygen atoms in total. The lowest BCUT2D eigenvalue weighted by Gasteiger charge is -2.32. The molecule has 33 heavy (non-hydrogen) atoms. The Kier molecular flexibility index (Phi) is 8.29. The van der Waals surface area contributed by atoms with Crippen LogP contribution in [0.25, 0.3) is 0 Å². The summed E-state index contributed by atoms with van der Waals surface area (Å²) in [5.74, 6) is 0.863. The molecular weight excluding hydrogens is 473 g/mol. The van der Waals surface area contributed by atoms with Gasteiger partial charge in [0.05, 0.1) is 12.3 Å². The van der Waals surface area contributed by atoms with Crippen molar-refractivity contribution in [2.24, 2.45) is 15.8 Å². The summed E-state index contributed by atoms with van der Waals surface area (Å²) in [6.45, 7) is 1.70. The van der Waals surface area contributed by atoms with Crippen LogP contribution < -0.4 is 10.5 Å². The highest BCUT2D eigenvalue weighted by Gasteiger charge is 2.28. The Balaban J connectivity index is 1.64. The molecule has 0 aromatic heterocycles. The highest BCUT2D eigenvalue weighted by molar-refractivity contribution is 7.98. The van der Waals surface area contributed by atoms with Crippen LogP contribution in [0.3, 0.4) is 0 Å². The van der Waals surface area contributed by atoms with Gasteiger partial charge in [-0.2, -0.15) is 5.10 Å². The van der Waals surface area contributed by atoms with Crippen LogP contribution in [0.5, 0.6) is 0 Å². The van der Waals surface area contributed by atoms with Crippen LogP contribution in [0.1, 0.15) is 23.5 Å². The summed E-state index contributed by atoms with van der Waals surface area (Å²) in [5, 5.41) is 8.40. The second-order valence-corrected chi connectivity index (χ2v) is 9.27. The van der Waals surface area contributed by atoms with Crippen LogP contribution in [-0.4, -0.2) is 36.3 Å². The number of hydrogen-bond donors (Lipinski definition) is 2. The largest absolute Gasteiger partial charge is 0.329 e. The molecule has 3 aromatic rings. The molecule has 1 aliphatic heterocycles. The van der Waals surface area contributed by atoms with E-state index in [1.54, 1.807) is 0 Å². The van der Waals surface area contributed by atoms with Gasteiger partial charge in [0.15, 0.2) is 0 Å². The van der Waals surface area contributed by atoms with Gasteiger partial charge < -0.3 is 5.73 Å². The van der Waals surface area contributed by atoms with Crippen molar-refractivity contribution in [1.82, 2.24) is 9.73 Å². The Morgan fingerprint density at radius 3 is 2.33 bits per heavy atom. The molecule has 1 aliphatic rings. The number of hydrogen-bond acceptors (Lipinski definition) is 4. The molecule has 4 rings (SSSR count). The van der Waals surface area contributed by atoms with E-state index in [-0.39, 0.29) is 5.92 Å². The topological polar surface area (TPSA) is 66.0 Å². The molecule has 0 fully saturated rings. The Hall–Kier alpha value is -2.51. The number of hydrazone groups is 1. The molecule has 0 amide bonds. The molecule has 3 aromatic carbocycles. The van der Waals surface area contributed by atoms with E-state index >= 15 is 0 Å². The summed E-state index contributed by atoms with van der Waals surface area (Å²) in [5.41, 5.74) is 9.01. The number of nitrogens with two attached hydrogens (primary N) is 1. The van der Waals surface area contributed by atoms with Gasteiger partial charge in [0.25, 0.3) is 0 Å². The maximum absolute atomic E-state index is 6.15. The normalized spacial score (nSPS) is 16.5. The lowest BCUT2D eigenvalue weighted by molar-refractivity contribution is 0.395. The van der Waals surface area contributed by atoms with Crippen molar-refractivity contribution in [3.05, 3.63) is 100 Å². The molecule has 1 atom stereocenters. The second-order valence-electron chi connectivity index (χ2n) is 7.52. The van der Waals surface area contributed by atoms with Crippen LogP contribution in [0, 0.1) is 0 Å². The maximum atomic E-state index is 6.15. The number of nitrogens with one attached hydrogen (secondary N) is 1. The SMILES string of the molecule is NCCN=C(NSc1ccc(Cl)cc1)N1CCC(c2ccccc2)C(c2ccc(Cl)cc2)=N1. The fourth-order valence-corrected chi connectivity index (χ4v) is 4.53. The Bertz CT molecular complexity index is 1100. The number of nitrogens with zero attached hydrogens (tertiary/aromatic N) is 3. The van der Waals surface area contributed by atoms with Gasteiger partial charge in [-0.25, -0.2) is 10.0 Å². The third-order valence-electron chi connectivity index (χ3n) is 5.24. The molecule has 0 spiro atoms. The number of aliphatic imine (C=N–C) groups is 1. The lowest BCUT2D eigenvalue weighted by Crippen LogP contribution is -2.41. The first kappa shape index (κ1) is 23.6. The van der Waals surface area contributed by atoms with Crippen molar-refractivity contribution in [2.75, 3.05) is 19.6 Å². The predicted octanol–water partition coefficient (Wildman–Crippen LogP) is 5.80. The monoisotopic (exact) mass is 497 g/mol. The zero-order valence-corrected chi connectivity index (χ0v) is 20.3. The molecule has 170 valence electrons. The summed E-state index contributed by atoms with van der Waals surface area (Å²) >= 11 is 13.6. The molecule has 0 saturated carbocycles. The predicted molar refractivity (Wildman–Crippen MR) is 140 cm³/mol. The quantitative estimate of drug-likeness (QED) is 0.256. The third-order valence-corrected chi connectivity index (χ3v) is 6.54. The summed E-state index contributed by atoms with van der Waals surface area (Å²) in [6.07, 6.45) is 0.903. The van der Waals surface area contributed by atoms with Gasteiger partial charge >= 0.3 is 0 Å². The zero-order chi connectivity index (χ0) is 23.0. The first-order chi connectivity index (χ1) is 16.1. The summed E-state index contributed by atoms with van der Waals surface area (Å²) in [6, 6.07) is 26.0. The molecule has 3 N–H and O–H groups in total. The van der Waals surface area contributed by atoms with E-state index in [0.29, 0.717) is 29.1 Å². The van der Waals surface area contributed by atoms with Crippen LogP contribution >= 0.6 is 35.1 Å². The summed E-state index contributed by atoms with van der Waals surface area (Å²) < 4.78 is 3.36. The average Bonchev–Trinajstić information content (AvgIpc) is 2.86. The molecule has 0 aliphatic carbocycles. The fraction of sp³-hybridized carbons (Fsp3) is 0.200. The van der Waals surface area contributed by atoms with Gasteiger partial charge in [0, 0.05) is 33.9 Å². The lowest BCUT2D eigenvalue weighted by atomic mass is 9.86. The van der Waals surface area contributed by atoms with Gasteiger partial charge in [-0.1, -0.05) is 65.7 Å². The fourth-order valence-electron chi connectivity index (χ4n) is 3.62. The van der Waals surface area contributed by atoms with Gasteiger partial charge in [-0.15, -0.1) is 0 Å². The third kappa shape index (κ3) is 6.30. The van der Waals surface area contributed by atoms with E-state index in [2.05, 4.69) is 34.0 Å². The van der Waals surface area contributed by atoms with Crippen LogP contribution in [0.4, 0.5) is 0 Å². The van der Waals surface area contributed by atoms with E-state index in [0.717, 1.165) is 29.1 Å². The second kappa shape index (κ2) is 11.6. The van der Waals surface area contributed by atoms with Crippen molar-refractivity contribution in [3.63, 3.8) is 0 Å². The number of rotatable bonds is 6. The molecule has 0 saturated heterocycles. The highest BCUT2D eigenvalue weighted by Crippen LogP contribution is 2.30. The standard InChI is InChI=1S/C25H25Cl2N5S/c26-20-8-6-19(7-9-20)24-23(18-4-2-1-3-5-18)14-17-32(30-24)25(29-16-15-28)31-33-22-12-10-21(27)11-13-22/h1-13,23H,14-17,28H2,(H,29,31). The van der Waals surface area contributed by atoms with E-state index in [1.165, 1.54) is 17.5 Å². The van der Waals surface area contributed by atoms with Crippen molar-refractivity contribution in [1.29, 1.82) is 0 Å². The Morgan fingerprint density at radius 1 is 1.00 bits per heavy atom. The van der Waals surface area contributed by atoms with Crippen LogP contribution in [0.2, 0.25) is 10.0 Å². The number of guanidine groups is 1. The molecule has 1 unspecified atom stereocenters. The summed E-state index contributed by atoms with van der Waals surface area (Å²) in [7, 11) is 0. The van der Waals surface area contributed by atoms with Crippen molar-refractivity contribution in [3.8, 4) is 0 Å². The minimum atomic E-state index is 0.184. The van der Waals surface area contributed by atoms with Crippen LogP contribution in [-0.2, 0) is 0 Å².